The van der Waals surface area contributed by atoms with E-state index in [1.807, 2.05) is 0 Å². The minimum Gasteiger partial charge on any atom is -0.743 e. The lowest BCUT2D eigenvalue weighted by molar-refractivity contribution is -0.356. The third kappa shape index (κ3) is 5.57. The first-order chi connectivity index (χ1) is 12.3. The number of halogens is 6. The first-order valence-corrected chi connectivity index (χ1v) is 8.67. The number of rotatable bonds is 9. The van der Waals surface area contributed by atoms with Crippen LogP contribution in [0.25, 0.3) is 0 Å². The molecule has 0 aliphatic heterocycles. The standard InChI is InChI=1S/C13H17F6NO7S/c1-5-20(7(2)3)10(22)12(13(17,18)19,27-9(21)8(4)14)26-6-11(15,16)28(23,24)25/h7H,4-6H2,1-3H3,(H,23,24,25)/p-1. The topological polar surface area (TPSA) is 113 Å². The first-order valence-electron chi connectivity index (χ1n) is 7.26. The van der Waals surface area contributed by atoms with Gasteiger partial charge in [0.05, 0.1) is 0 Å². The molecule has 0 spiro atoms. The van der Waals surface area contributed by atoms with Gasteiger partial charge in [0, 0.05) is 12.6 Å². The van der Waals surface area contributed by atoms with Crippen molar-refractivity contribution >= 4 is 22.0 Å². The lowest BCUT2D eigenvalue weighted by Gasteiger charge is -2.38. The second-order valence-electron chi connectivity index (χ2n) is 5.47. The predicted octanol–water partition coefficient (Wildman–Crippen LogP) is 1.68. The largest absolute Gasteiger partial charge is 0.743 e. The molecule has 0 saturated heterocycles. The van der Waals surface area contributed by atoms with E-state index < -0.39 is 64.2 Å². The van der Waals surface area contributed by atoms with Gasteiger partial charge >= 0.3 is 29.1 Å². The number of ether oxygens (including phenoxy) is 2. The van der Waals surface area contributed by atoms with Crippen molar-refractivity contribution in [3.05, 3.63) is 12.4 Å². The van der Waals surface area contributed by atoms with Gasteiger partial charge in [0.1, 0.15) is 6.61 Å². The summed E-state index contributed by atoms with van der Waals surface area (Å²) in [7, 11) is -6.52. The van der Waals surface area contributed by atoms with Gasteiger partial charge in [0.15, 0.2) is 10.1 Å². The Hall–Kier alpha value is -1.87. The molecule has 0 radical (unpaired) electrons. The van der Waals surface area contributed by atoms with Gasteiger partial charge in [0.2, 0.25) is 5.83 Å². The summed E-state index contributed by atoms with van der Waals surface area (Å²) in [4.78, 5) is 24.1. The molecular weight excluding hydrogens is 428 g/mol. The highest BCUT2D eigenvalue weighted by molar-refractivity contribution is 7.86. The van der Waals surface area contributed by atoms with E-state index in [1.54, 1.807) is 0 Å². The lowest BCUT2D eigenvalue weighted by Crippen LogP contribution is -2.64. The van der Waals surface area contributed by atoms with Crippen molar-refractivity contribution in [3.8, 4) is 0 Å². The Morgan fingerprint density at radius 3 is 1.93 bits per heavy atom. The number of carbonyl (C=O) groups is 2. The van der Waals surface area contributed by atoms with Crippen molar-refractivity contribution in [1.29, 1.82) is 0 Å². The van der Waals surface area contributed by atoms with Crippen molar-refractivity contribution in [1.82, 2.24) is 4.90 Å². The Labute approximate surface area is 155 Å². The third-order valence-electron chi connectivity index (χ3n) is 3.15. The quantitative estimate of drug-likeness (QED) is 0.175. The zero-order valence-corrected chi connectivity index (χ0v) is 15.5. The molecule has 28 heavy (non-hydrogen) atoms. The highest BCUT2D eigenvalue weighted by Crippen LogP contribution is 2.39. The summed E-state index contributed by atoms with van der Waals surface area (Å²) in [6.45, 7) is 2.64. The van der Waals surface area contributed by atoms with Gasteiger partial charge in [-0.15, -0.1) is 0 Å². The minimum absolute atomic E-state index is 0.367. The van der Waals surface area contributed by atoms with Crippen LogP contribution in [0, 0.1) is 0 Å². The van der Waals surface area contributed by atoms with Crippen LogP contribution in [0.5, 0.6) is 0 Å². The Bertz CT molecular complexity index is 721. The minimum atomic E-state index is -6.52. The Morgan fingerprint density at radius 1 is 1.18 bits per heavy atom. The highest BCUT2D eigenvalue weighted by Gasteiger charge is 2.68. The molecule has 164 valence electrons. The van der Waals surface area contributed by atoms with E-state index in [4.69, 9.17) is 0 Å². The maximum atomic E-state index is 13.6. The molecule has 0 aliphatic rings. The zero-order valence-electron chi connectivity index (χ0n) is 14.7. The molecule has 0 aliphatic carbocycles. The van der Waals surface area contributed by atoms with Gasteiger partial charge in [-0.25, -0.2) is 13.2 Å². The van der Waals surface area contributed by atoms with E-state index >= 15 is 0 Å². The second kappa shape index (κ2) is 8.65. The van der Waals surface area contributed by atoms with Crippen LogP contribution in [0.2, 0.25) is 0 Å². The van der Waals surface area contributed by atoms with E-state index in [9.17, 15) is 48.9 Å². The molecule has 1 amide bonds. The van der Waals surface area contributed by atoms with Crippen molar-refractivity contribution < 1.29 is 58.4 Å². The van der Waals surface area contributed by atoms with Crippen LogP contribution >= 0.6 is 0 Å². The smallest absolute Gasteiger partial charge is 0.466 e. The van der Waals surface area contributed by atoms with Gasteiger partial charge in [-0.1, -0.05) is 6.58 Å². The molecule has 0 aromatic heterocycles. The number of likely N-dealkylation sites (N-methyl/N-ethyl adjacent to an activating group) is 1. The maximum Gasteiger partial charge on any atom is 0.466 e. The monoisotopic (exact) mass is 444 g/mol. The van der Waals surface area contributed by atoms with Crippen molar-refractivity contribution in [2.24, 2.45) is 0 Å². The van der Waals surface area contributed by atoms with Crippen LogP contribution in [-0.4, -0.2) is 66.2 Å². The van der Waals surface area contributed by atoms with Crippen molar-refractivity contribution in [3.63, 3.8) is 0 Å². The second-order valence-corrected chi connectivity index (χ2v) is 6.98. The Balaban J connectivity index is 6.47. The van der Waals surface area contributed by atoms with Gasteiger partial charge < -0.3 is 18.9 Å². The predicted molar refractivity (Wildman–Crippen MR) is 78.2 cm³/mol. The number of carbonyl (C=O) groups excluding carboxylic acids is 2. The van der Waals surface area contributed by atoms with E-state index in [0.717, 1.165) is 0 Å². The number of hydrogen-bond acceptors (Lipinski definition) is 7. The summed E-state index contributed by atoms with van der Waals surface area (Å²) in [6, 6.07) is -1.01. The summed E-state index contributed by atoms with van der Waals surface area (Å²) in [5.41, 5.74) is 0. The molecule has 0 bridgehead atoms. The van der Waals surface area contributed by atoms with Crippen LogP contribution in [0.3, 0.4) is 0 Å². The van der Waals surface area contributed by atoms with Crippen LogP contribution < -0.4 is 0 Å². The fourth-order valence-electron chi connectivity index (χ4n) is 1.77. The molecular formula is C13H16F6NO7S-. The number of alkyl halides is 5. The van der Waals surface area contributed by atoms with Crippen LogP contribution in [-0.2, 0) is 29.2 Å². The first kappa shape index (κ1) is 26.1. The average Bonchev–Trinajstić information content (AvgIpc) is 2.48. The zero-order chi connectivity index (χ0) is 22.7. The summed E-state index contributed by atoms with van der Waals surface area (Å²) in [5, 5.41) is -5.43. The fraction of sp³-hybridized carbons (Fsp3) is 0.692. The van der Waals surface area contributed by atoms with E-state index in [2.05, 4.69) is 16.1 Å². The third-order valence-corrected chi connectivity index (χ3v) is 4.00. The normalized spacial score (nSPS) is 15.1. The lowest BCUT2D eigenvalue weighted by atomic mass is 10.1. The maximum absolute atomic E-state index is 13.6. The molecule has 0 N–H and O–H groups in total. The Morgan fingerprint density at radius 2 is 1.64 bits per heavy atom. The number of hydrogen-bond donors (Lipinski definition) is 0. The fourth-order valence-corrected chi connectivity index (χ4v) is 1.98. The van der Waals surface area contributed by atoms with Crippen molar-refractivity contribution in [2.75, 3.05) is 13.2 Å². The molecule has 1 unspecified atom stereocenters. The number of amides is 1. The van der Waals surface area contributed by atoms with Crippen LogP contribution in [0.15, 0.2) is 12.4 Å². The SMILES string of the molecule is C=C(F)C(=O)OC(OCC(F)(F)S(=O)(=O)[O-])(C(=O)N(CC)C(C)C)C(F)(F)F. The number of esters is 1. The summed E-state index contributed by atoms with van der Waals surface area (Å²) >= 11 is 0. The van der Waals surface area contributed by atoms with Crippen LogP contribution in [0.1, 0.15) is 20.8 Å². The molecule has 0 saturated carbocycles. The molecule has 15 heteroatoms. The van der Waals surface area contributed by atoms with E-state index in [0.29, 0.717) is 4.90 Å². The molecule has 0 aromatic carbocycles. The highest BCUT2D eigenvalue weighted by atomic mass is 32.2. The van der Waals surface area contributed by atoms with Gasteiger partial charge in [-0.2, -0.15) is 26.3 Å². The summed E-state index contributed by atoms with van der Waals surface area (Å²) in [6.07, 6.45) is -6.08. The summed E-state index contributed by atoms with van der Waals surface area (Å²) < 4.78 is 119. The van der Waals surface area contributed by atoms with E-state index in [1.165, 1.54) is 20.8 Å². The van der Waals surface area contributed by atoms with Crippen molar-refractivity contribution in [2.45, 2.75) is 44.0 Å². The average molecular weight is 444 g/mol. The molecule has 0 fully saturated rings. The van der Waals surface area contributed by atoms with Gasteiger partial charge in [0.25, 0.3) is 0 Å². The molecule has 0 rings (SSSR count). The van der Waals surface area contributed by atoms with Gasteiger partial charge in [-0.3, -0.25) is 4.79 Å². The molecule has 8 nitrogen and oxygen atoms in total. The van der Waals surface area contributed by atoms with Gasteiger partial charge in [-0.05, 0) is 20.8 Å². The molecule has 1 atom stereocenters. The van der Waals surface area contributed by atoms with Crippen LogP contribution in [0.4, 0.5) is 26.3 Å². The Kier molecular flexibility index (Phi) is 8.07. The number of nitrogens with zero attached hydrogens (tertiary/aromatic N) is 1. The van der Waals surface area contributed by atoms with E-state index in [-0.39, 0.29) is 0 Å². The molecule has 0 aromatic rings. The molecule has 0 heterocycles. The summed E-state index contributed by atoms with van der Waals surface area (Å²) in [5.74, 6) is -11.8.